The first-order valence-corrected chi connectivity index (χ1v) is 26.0. The summed E-state index contributed by atoms with van der Waals surface area (Å²) in [6, 6.07) is 110. The zero-order valence-corrected chi connectivity index (χ0v) is 41.7. The standard InChI is InChI=1S/C72H50N4/c1-7-22-52(23-8-1)70-66-48-47-63-62(35-21-36-65(63)72(66)76(57-32-17-6-18-33-57)71(70)53-24-9-2-10-25-53)51-38-40-58(41-39-51)74(60-44-42-59(43-45-60)73(54-26-11-3-12-27-54)55-28-13-4-14-29-55)61-46-49-69-67(50-61)64-34-19-20-37-68(64)75(69)56-30-15-5-16-31-56/h1-50H. The number of aromatic nitrogens is 2. The molecule has 0 aliphatic carbocycles. The minimum absolute atomic E-state index is 1.06. The van der Waals surface area contributed by atoms with Gasteiger partial charge in [-0.1, -0.05) is 194 Å². The van der Waals surface area contributed by atoms with E-state index in [4.69, 9.17) is 0 Å². The van der Waals surface area contributed by atoms with Crippen molar-refractivity contribution in [3.8, 4) is 44.9 Å². The van der Waals surface area contributed by atoms with Crippen LogP contribution < -0.4 is 9.80 Å². The Kier molecular flexibility index (Phi) is 11.2. The van der Waals surface area contributed by atoms with Crippen LogP contribution in [0.15, 0.2) is 303 Å². The lowest BCUT2D eigenvalue weighted by Crippen LogP contribution is -2.12. The van der Waals surface area contributed by atoms with E-state index in [-0.39, 0.29) is 0 Å². The molecular weight excluding hydrogens is 921 g/mol. The average molecular weight is 971 g/mol. The van der Waals surface area contributed by atoms with Crippen molar-refractivity contribution < 1.29 is 0 Å². The fourth-order valence-electron chi connectivity index (χ4n) is 11.5. The summed E-state index contributed by atoms with van der Waals surface area (Å²) in [6.45, 7) is 0. The smallest absolute Gasteiger partial charge is 0.0620 e. The molecule has 0 unspecified atom stereocenters. The summed E-state index contributed by atoms with van der Waals surface area (Å²) >= 11 is 0. The Morgan fingerprint density at radius 1 is 0.237 bits per heavy atom. The maximum absolute atomic E-state index is 2.48. The number of anilines is 6. The van der Waals surface area contributed by atoms with Crippen molar-refractivity contribution in [2.75, 3.05) is 9.80 Å². The van der Waals surface area contributed by atoms with Gasteiger partial charge in [0.15, 0.2) is 0 Å². The maximum Gasteiger partial charge on any atom is 0.0620 e. The average Bonchev–Trinajstić information content (AvgIpc) is 4.05. The van der Waals surface area contributed by atoms with Crippen molar-refractivity contribution in [1.82, 2.24) is 9.13 Å². The van der Waals surface area contributed by atoms with Crippen molar-refractivity contribution >= 4 is 77.6 Å². The van der Waals surface area contributed by atoms with Crippen LogP contribution in [-0.4, -0.2) is 9.13 Å². The summed E-state index contributed by atoms with van der Waals surface area (Å²) < 4.78 is 4.86. The number of para-hydroxylation sites is 5. The first-order valence-electron chi connectivity index (χ1n) is 26.0. The zero-order chi connectivity index (χ0) is 50.4. The highest BCUT2D eigenvalue weighted by atomic mass is 15.2. The van der Waals surface area contributed by atoms with Crippen LogP contribution in [0.2, 0.25) is 0 Å². The van der Waals surface area contributed by atoms with Gasteiger partial charge in [-0.3, -0.25) is 0 Å². The Hall–Kier alpha value is -10.2. The molecule has 76 heavy (non-hydrogen) atoms. The number of fused-ring (bicyclic) bond motifs is 6. The van der Waals surface area contributed by atoms with Gasteiger partial charge in [0.25, 0.3) is 0 Å². The number of rotatable bonds is 11. The number of nitrogens with zero attached hydrogens (tertiary/aromatic N) is 4. The van der Waals surface area contributed by atoms with Crippen molar-refractivity contribution in [2.45, 2.75) is 0 Å². The molecule has 4 heteroatoms. The van der Waals surface area contributed by atoms with Gasteiger partial charge >= 0.3 is 0 Å². The molecule has 0 N–H and O–H groups in total. The highest BCUT2D eigenvalue weighted by molar-refractivity contribution is 6.18. The molecule has 0 spiro atoms. The second-order valence-corrected chi connectivity index (χ2v) is 19.3. The molecule has 0 aliphatic heterocycles. The molecule has 0 fully saturated rings. The minimum atomic E-state index is 1.06. The molecule has 14 aromatic rings. The van der Waals surface area contributed by atoms with Crippen LogP contribution in [0.25, 0.3) is 88.4 Å². The molecule has 0 radical (unpaired) electrons. The Labute approximate surface area is 442 Å². The van der Waals surface area contributed by atoms with Crippen molar-refractivity contribution in [2.24, 2.45) is 0 Å². The predicted molar refractivity (Wildman–Crippen MR) is 321 cm³/mol. The molecule has 0 bridgehead atoms. The van der Waals surface area contributed by atoms with E-state index in [1.165, 1.54) is 71.4 Å². The van der Waals surface area contributed by atoms with Gasteiger partial charge in [0.05, 0.1) is 22.2 Å². The lowest BCUT2D eigenvalue weighted by Gasteiger charge is -2.28. The maximum atomic E-state index is 2.48. The van der Waals surface area contributed by atoms with Crippen LogP contribution in [0.1, 0.15) is 0 Å². The monoisotopic (exact) mass is 970 g/mol. The fourth-order valence-corrected chi connectivity index (χ4v) is 11.5. The Bertz CT molecular complexity index is 4300. The van der Waals surface area contributed by atoms with Gasteiger partial charge in [0.1, 0.15) is 0 Å². The van der Waals surface area contributed by atoms with Crippen LogP contribution >= 0.6 is 0 Å². The Balaban J connectivity index is 0.930. The van der Waals surface area contributed by atoms with Crippen molar-refractivity contribution in [3.05, 3.63) is 303 Å². The van der Waals surface area contributed by atoms with Crippen molar-refractivity contribution in [3.63, 3.8) is 0 Å². The molecule has 0 aliphatic rings. The quantitative estimate of drug-likeness (QED) is 0.128. The van der Waals surface area contributed by atoms with Crippen molar-refractivity contribution in [1.29, 1.82) is 0 Å². The fraction of sp³-hybridized carbons (Fsp3) is 0. The topological polar surface area (TPSA) is 16.3 Å². The van der Waals surface area contributed by atoms with Gasteiger partial charge in [0.2, 0.25) is 0 Å². The Morgan fingerprint density at radius 2 is 0.671 bits per heavy atom. The van der Waals surface area contributed by atoms with E-state index in [1.54, 1.807) is 0 Å². The molecule has 0 atom stereocenters. The SMILES string of the molecule is c1ccc(-c2c(-c3ccccc3)n(-c3ccccc3)c3c2ccc2c(-c4ccc(N(c5ccc(N(c6ccccc6)c6ccccc6)cc5)c5ccc6c(c5)c5ccccc5n6-c5ccccc5)cc4)cccc23)cc1. The molecule has 14 rings (SSSR count). The minimum Gasteiger partial charge on any atom is -0.311 e. The van der Waals surface area contributed by atoms with Gasteiger partial charge in [0, 0.05) is 72.6 Å². The van der Waals surface area contributed by atoms with Gasteiger partial charge in [-0.25, -0.2) is 0 Å². The van der Waals surface area contributed by atoms with E-state index in [1.807, 2.05) is 0 Å². The lowest BCUT2D eigenvalue weighted by molar-refractivity contribution is 1.14. The number of hydrogen-bond acceptors (Lipinski definition) is 2. The summed E-state index contributed by atoms with van der Waals surface area (Å²) in [7, 11) is 0. The molecule has 2 aromatic heterocycles. The molecular formula is C72H50N4. The summed E-state index contributed by atoms with van der Waals surface area (Å²) in [5.41, 5.74) is 19.4. The highest BCUT2D eigenvalue weighted by Gasteiger charge is 2.24. The third-order valence-electron chi connectivity index (χ3n) is 14.9. The molecule has 12 aromatic carbocycles. The zero-order valence-electron chi connectivity index (χ0n) is 41.7. The van der Waals surface area contributed by atoms with E-state index >= 15 is 0 Å². The van der Waals surface area contributed by atoms with Crippen LogP contribution in [0.3, 0.4) is 0 Å². The van der Waals surface area contributed by atoms with Crippen LogP contribution in [0.4, 0.5) is 34.1 Å². The molecule has 2 heterocycles. The predicted octanol–water partition coefficient (Wildman–Crippen LogP) is 19.8. The molecule has 0 saturated heterocycles. The Morgan fingerprint density at radius 3 is 1.28 bits per heavy atom. The molecule has 358 valence electrons. The van der Waals surface area contributed by atoms with E-state index in [0.717, 1.165) is 51.1 Å². The van der Waals surface area contributed by atoms with Gasteiger partial charge in [-0.05, 0) is 137 Å². The van der Waals surface area contributed by atoms with E-state index in [9.17, 15) is 0 Å². The number of hydrogen-bond donors (Lipinski definition) is 0. The van der Waals surface area contributed by atoms with Crippen LogP contribution in [-0.2, 0) is 0 Å². The third-order valence-corrected chi connectivity index (χ3v) is 14.9. The van der Waals surface area contributed by atoms with Gasteiger partial charge in [-0.15, -0.1) is 0 Å². The van der Waals surface area contributed by atoms with E-state index in [2.05, 4.69) is 322 Å². The first kappa shape index (κ1) is 44.5. The van der Waals surface area contributed by atoms with E-state index < -0.39 is 0 Å². The molecule has 0 amide bonds. The molecule has 0 saturated carbocycles. The van der Waals surface area contributed by atoms with Gasteiger partial charge < -0.3 is 18.9 Å². The summed E-state index contributed by atoms with van der Waals surface area (Å²) in [4.78, 5) is 4.71. The second-order valence-electron chi connectivity index (χ2n) is 19.3. The lowest BCUT2D eigenvalue weighted by atomic mass is 9.94. The summed E-state index contributed by atoms with van der Waals surface area (Å²) in [6.07, 6.45) is 0. The van der Waals surface area contributed by atoms with Gasteiger partial charge in [-0.2, -0.15) is 0 Å². The van der Waals surface area contributed by atoms with E-state index in [0.29, 0.717) is 0 Å². The second kappa shape index (κ2) is 19.0. The highest BCUT2D eigenvalue weighted by Crippen LogP contribution is 2.47. The summed E-state index contributed by atoms with van der Waals surface area (Å²) in [5.74, 6) is 0. The number of benzene rings is 12. The first-order chi connectivity index (χ1) is 37.7. The largest absolute Gasteiger partial charge is 0.311 e. The summed E-state index contributed by atoms with van der Waals surface area (Å²) in [5, 5.41) is 6.03. The van der Waals surface area contributed by atoms with Crippen LogP contribution in [0.5, 0.6) is 0 Å². The third kappa shape index (κ3) is 7.71. The molecule has 4 nitrogen and oxygen atoms in total. The van der Waals surface area contributed by atoms with Crippen LogP contribution in [0, 0.1) is 0 Å². The normalized spacial score (nSPS) is 11.4.